The van der Waals surface area contributed by atoms with Crippen molar-refractivity contribution in [1.82, 2.24) is 21.3 Å². The van der Waals surface area contributed by atoms with Gasteiger partial charge in [0, 0.05) is 45.2 Å². The lowest BCUT2D eigenvalue weighted by atomic mass is 9.94. The number of carboxylic acids is 3. The zero-order chi connectivity index (χ0) is 51.4. The summed E-state index contributed by atoms with van der Waals surface area (Å²) in [6.07, 6.45) is 13.2. The van der Waals surface area contributed by atoms with Gasteiger partial charge in [-0.2, -0.15) is 0 Å². The fourth-order valence-electron chi connectivity index (χ4n) is 7.64. The number of hydrogen-bond donors (Lipinski definition) is 9. The molecule has 0 heterocycles. The lowest BCUT2D eigenvalue weighted by Gasteiger charge is -2.16. The van der Waals surface area contributed by atoms with Crippen LogP contribution < -0.4 is 37.5 Å². The zero-order valence-corrected chi connectivity index (χ0v) is 41.1. The van der Waals surface area contributed by atoms with Gasteiger partial charge >= 0.3 is 17.9 Å². The molecule has 1 rings (SSSR count). The third-order valence-electron chi connectivity index (χ3n) is 12.1. The van der Waals surface area contributed by atoms with Crippen molar-refractivity contribution in [2.45, 2.75) is 192 Å². The highest BCUT2D eigenvalue weighted by Gasteiger charge is 2.25. The van der Waals surface area contributed by atoms with Gasteiger partial charge in [-0.1, -0.05) is 51.4 Å². The third-order valence-corrected chi connectivity index (χ3v) is 12.1. The van der Waals surface area contributed by atoms with Crippen LogP contribution >= 0.6 is 0 Å². The summed E-state index contributed by atoms with van der Waals surface area (Å²) in [5.74, 6) is -5.43. The molecule has 390 valence electrons. The molecule has 0 radical (unpaired) electrons. The van der Waals surface area contributed by atoms with Crippen molar-refractivity contribution in [3.8, 4) is 5.75 Å². The van der Waals surface area contributed by atoms with Crippen LogP contribution in [-0.2, 0) is 38.4 Å². The number of carbonyl (C=O) groups excluding carboxylic acids is 6. The predicted octanol–water partition coefficient (Wildman–Crippen LogP) is 4.99. The Morgan fingerprint density at radius 1 is 0.551 bits per heavy atom. The molecular formula is C50H82N6O13. The average molecular weight is 975 g/mol. The summed E-state index contributed by atoms with van der Waals surface area (Å²) in [4.78, 5) is 108. The van der Waals surface area contributed by atoms with Gasteiger partial charge in [0.1, 0.15) is 29.1 Å². The van der Waals surface area contributed by atoms with Crippen LogP contribution in [0.1, 0.15) is 178 Å². The number of aromatic carboxylic acids is 1. The van der Waals surface area contributed by atoms with Crippen LogP contribution in [0.25, 0.3) is 0 Å². The normalized spacial score (nSPS) is 13.3. The summed E-state index contributed by atoms with van der Waals surface area (Å²) in [5.41, 5.74) is 12.3. The maximum atomic E-state index is 12.6. The first-order valence-corrected chi connectivity index (χ1v) is 24.9. The molecule has 19 nitrogen and oxygen atoms in total. The van der Waals surface area contributed by atoms with E-state index in [9.17, 15) is 53.4 Å². The van der Waals surface area contributed by atoms with Gasteiger partial charge < -0.3 is 52.8 Å². The number of likely N-dealkylation sites (N-methyl/N-ethyl adjacent to an activating group) is 1. The highest BCUT2D eigenvalue weighted by atomic mass is 16.5. The van der Waals surface area contributed by atoms with E-state index >= 15 is 0 Å². The van der Waals surface area contributed by atoms with Crippen LogP contribution in [0.5, 0.6) is 5.75 Å². The van der Waals surface area contributed by atoms with Gasteiger partial charge in [0.2, 0.25) is 17.7 Å². The second-order valence-electron chi connectivity index (χ2n) is 17.9. The molecule has 5 atom stereocenters. The van der Waals surface area contributed by atoms with E-state index in [1.807, 2.05) is 0 Å². The highest BCUT2D eigenvalue weighted by molar-refractivity contribution is 5.88. The largest absolute Gasteiger partial charge is 0.494 e. The first kappa shape index (κ1) is 61.7. The van der Waals surface area contributed by atoms with Crippen LogP contribution in [-0.4, -0.2) is 119 Å². The number of amides is 3. The number of aliphatic carboxylic acids is 2. The molecule has 0 aliphatic rings. The molecule has 0 saturated carbocycles. The van der Waals surface area contributed by atoms with E-state index in [4.69, 9.17) is 21.3 Å². The quantitative estimate of drug-likeness (QED) is 0.0389. The molecule has 1 aromatic carbocycles. The summed E-state index contributed by atoms with van der Waals surface area (Å²) in [6.45, 7) is 2.97. The lowest BCUT2D eigenvalue weighted by molar-refractivity contribution is -0.145. The van der Waals surface area contributed by atoms with E-state index in [2.05, 4.69) is 21.3 Å². The summed E-state index contributed by atoms with van der Waals surface area (Å²) >= 11 is 0. The molecule has 1 aromatic rings. The summed E-state index contributed by atoms with van der Waals surface area (Å²) < 4.78 is 5.65. The van der Waals surface area contributed by atoms with E-state index in [0.717, 1.165) is 57.8 Å². The van der Waals surface area contributed by atoms with Crippen molar-refractivity contribution >= 4 is 53.0 Å². The molecular weight excluding hydrogens is 893 g/mol. The molecule has 0 aromatic heterocycles. The number of nitrogens with two attached hydrogens (primary N) is 2. The number of benzene rings is 1. The molecule has 69 heavy (non-hydrogen) atoms. The Labute approximate surface area is 407 Å². The summed E-state index contributed by atoms with van der Waals surface area (Å²) in [7, 11) is 1.75. The van der Waals surface area contributed by atoms with Gasteiger partial charge in [0.25, 0.3) is 0 Å². The van der Waals surface area contributed by atoms with Crippen molar-refractivity contribution in [2.75, 3.05) is 26.7 Å². The van der Waals surface area contributed by atoms with E-state index < -0.39 is 47.9 Å². The maximum Gasteiger partial charge on any atom is 0.335 e. The monoisotopic (exact) mass is 975 g/mol. The fraction of sp³-hybridized carbons (Fsp3) is 0.700. The number of carboxylic acid groups (broad SMARTS) is 3. The maximum absolute atomic E-state index is 12.6. The number of ketones is 3. The Bertz CT molecular complexity index is 1730. The Morgan fingerprint density at radius 2 is 1.06 bits per heavy atom. The number of Topliss-reactive ketones (excluding diaryl/α,β-unsaturated/α-hetero) is 3. The van der Waals surface area contributed by atoms with Crippen molar-refractivity contribution in [1.29, 1.82) is 0 Å². The van der Waals surface area contributed by atoms with Crippen molar-refractivity contribution < 1.29 is 63.2 Å². The molecule has 0 bridgehead atoms. The van der Waals surface area contributed by atoms with Gasteiger partial charge in [-0.05, 0) is 115 Å². The first-order chi connectivity index (χ1) is 32.9. The standard InChI is InChI=1S/C50H82N6O13/c1-35(57)43(53-2)22-14-16-32-55-47(62)42(52)21-13-15-31-54-46(61)41(51)20-12-9-11-18-38(58)26-29-44(50(67)68)56-45(60)30-25-37(49(65)66)34-39(59)19-10-7-5-3-4-6-8-17-33-69-40-27-23-36(24-28-40)48(63)64/h23-24,27-28,37,41-44,53H,3-22,25-26,29-34,51-52H2,1-2H3,(H,54,61)(H,55,62)(H,56,60)(H,63,64)(H,65,66)(H,67,68)/t37-,41+,42+,43+,44+/m1/s1. The van der Waals surface area contributed by atoms with Crippen LogP contribution in [0.2, 0.25) is 0 Å². The molecule has 0 fully saturated rings. The Morgan fingerprint density at radius 3 is 1.58 bits per heavy atom. The molecule has 0 saturated heterocycles. The fourth-order valence-corrected chi connectivity index (χ4v) is 7.64. The SMILES string of the molecule is CN[C@@H](CCCCNC(=O)[C@@H](N)CCCCNC(=O)[C@@H](N)CCCCCC(=O)CC[C@H](NC(=O)CC[C@H](CC(=O)CCCCCCCCCCOc1ccc(C(=O)O)cc1)C(=O)O)C(=O)O)C(C)=O. The summed E-state index contributed by atoms with van der Waals surface area (Å²) in [5, 5.41) is 39.3. The number of nitrogens with one attached hydrogen (secondary N) is 4. The molecule has 0 aliphatic heterocycles. The van der Waals surface area contributed by atoms with E-state index in [-0.39, 0.29) is 85.7 Å². The number of carbonyl (C=O) groups is 9. The Balaban J connectivity index is 2.16. The van der Waals surface area contributed by atoms with Gasteiger partial charge in [-0.15, -0.1) is 0 Å². The molecule has 0 unspecified atom stereocenters. The van der Waals surface area contributed by atoms with Gasteiger partial charge in [0.05, 0.1) is 36.2 Å². The molecule has 19 heteroatoms. The van der Waals surface area contributed by atoms with E-state index in [1.54, 1.807) is 26.1 Å². The second kappa shape index (κ2) is 37.6. The smallest absolute Gasteiger partial charge is 0.335 e. The number of unbranched alkanes of at least 4 members (excludes halogenated alkanes) is 11. The van der Waals surface area contributed by atoms with Crippen molar-refractivity contribution in [3.05, 3.63) is 29.8 Å². The van der Waals surface area contributed by atoms with Crippen molar-refractivity contribution in [3.63, 3.8) is 0 Å². The third kappa shape index (κ3) is 30.8. The molecule has 0 spiro atoms. The summed E-state index contributed by atoms with van der Waals surface area (Å²) in [6, 6.07) is 3.41. The topological polar surface area (TPSA) is 324 Å². The van der Waals surface area contributed by atoms with Crippen LogP contribution in [0.15, 0.2) is 24.3 Å². The van der Waals surface area contributed by atoms with E-state index in [0.29, 0.717) is 83.2 Å². The van der Waals surface area contributed by atoms with Gasteiger partial charge in [0.15, 0.2) is 0 Å². The minimum Gasteiger partial charge on any atom is -0.494 e. The van der Waals surface area contributed by atoms with Crippen LogP contribution in [0.4, 0.5) is 0 Å². The number of rotatable bonds is 44. The predicted molar refractivity (Wildman–Crippen MR) is 261 cm³/mol. The Hall–Kier alpha value is -5.27. The van der Waals surface area contributed by atoms with Crippen LogP contribution in [0, 0.1) is 5.92 Å². The minimum atomic E-state index is -1.33. The number of ether oxygens (including phenoxy) is 1. The average Bonchev–Trinajstić information content (AvgIpc) is 3.31. The molecule has 0 aliphatic carbocycles. The second-order valence-corrected chi connectivity index (χ2v) is 17.9. The Kier molecular flexibility index (Phi) is 33.6. The zero-order valence-electron chi connectivity index (χ0n) is 41.1. The van der Waals surface area contributed by atoms with Gasteiger partial charge in [-0.25, -0.2) is 9.59 Å². The van der Waals surface area contributed by atoms with Crippen LogP contribution in [0.3, 0.4) is 0 Å². The first-order valence-electron chi connectivity index (χ1n) is 24.9. The van der Waals surface area contributed by atoms with Crippen molar-refractivity contribution in [2.24, 2.45) is 17.4 Å². The lowest BCUT2D eigenvalue weighted by Crippen LogP contribution is -2.42. The highest BCUT2D eigenvalue weighted by Crippen LogP contribution is 2.18. The van der Waals surface area contributed by atoms with E-state index in [1.165, 1.54) is 12.1 Å². The van der Waals surface area contributed by atoms with Gasteiger partial charge in [-0.3, -0.25) is 33.6 Å². The molecule has 11 N–H and O–H groups in total. The number of hydrogen-bond acceptors (Lipinski definition) is 13. The minimum absolute atomic E-state index is 0.0766. The molecule has 3 amide bonds.